The number of nitrogens with zero attached hydrogens (tertiary/aromatic N) is 2. The van der Waals surface area contributed by atoms with Gasteiger partial charge < -0.3 is 4.74 Å². The maximum absolute atomic E-state index is 12.8. The van der Waals surface area contributed by atoms with Crippen LogP contribution in [0, 0.1) is 0 Å². The fourth-order valence-electron chi connectivity index (χ4n) is 3.38. The minimum Gasteiger partial charge on any atom is -0.457 e. The highest BCUT2D eigenvalue weighted by molar-refractivity contribution is 7.22. The first kappa shape index (κ1) is 19.2. The molecule has 1 atom stereocenters. The first-order valence-electron chi connectivity index (χ1n) is 9.74. The largest absolute Gasteiger partial charge is 0.457 e. The summed E-state index contributed by atoms with van der Waals surface area (Å²) in [5, 5.41) is 0.641. The van der Waals surface area contributed by atoms with Gasteiger partial charge in [0.1, 0.15) is 17.5 Å². The number of rotatable bonds is 6. The van der Waals surface area contributed by atoms with Crippen LogP contribution in [0.4, 0.5) is 10.8 Å². The summed E-state index contributed by atoms with van der Waals surface area (Å²) in [5.74, 6) is 0.774. The van der Waals surface area contributed by atoms with Gasteiger partial charge in [-0.25, -0.2) is 15.3 Å². The van der Waals surface area contributed by atoms with Gasteiger partial charge in [0.05, 0.1) is 22.3 Å². The Kier molecular flexibility index (Phi) is 5.07. The maximum Gasteiger partial charge on any atom is 0.253 e. The summed E-state index contributed by atoms with van der Waals surface area (Å²) in [5.41, 5.74) is 7.31. The van der Waals surface area contributed by atoms with Gasteiger partial charge in [-0.2, -0.15) is 0 Å². The first-order valence-corrected chi connectivity index (χ1v) is 10.6. The van der Waals surface area contributed by atoms with E-state index in [2.05, 4.69) is 15.8 Å². The van der Waals surface area contributed by atoms with Crippen LogP contribution in [0.3, 0.4) is 0 Å². The summed E-state index contributed by atoms with van der Waals surface area (Å²) < 4.78 is 6.81. The molecule has 31 heavy (non-hydrogen) atoms. The van der Waals surface area contributed by atoms with Crippen LogP contribution in [0.15, 0.2) is 78.9 Å². The quantitative estimate of drug-likeness (QED) is 0.350. The summed E-state index contributed by atoms with van der Waals surface area (Å²) in [6.45, 7) is 0. The van der Waals surface area contributed by atoms with Crippen LogP contribution in [0.25, 0.3) is 10.2 Å². The highest BCUT2D eigenvalue weighted by atomic mass is 32.1. The Morgan fingerprint density at radius 2 is 1.61 bits per heavy atom. The molecule has 0 saturated carbocycles. The molecule has 4 aromatic rings. The molecule has 1 aliphatic heterocycles. The monoisotopic (exact) mass is 430 g/mol. The highest BCUT2D eigenvalue weighted by Gasteiger charge is 2.39. The lowest BCUT2D eigenvalue weighted by Crippen LogP contribution is -2.41. The zero-order valence-electron chi connectivity index (χ0n) is 16.3. The number of imide groups is 1. The lowest BCUT2D eigenvalue weighted by Gasteiger charge is -2.16. The van der Waals surface area contributed by atoms with Gasteiger partial charge in [0.2, 0.25) is 5.91 Å². The lowest BCUT2D eigenvalue weighted by atomic mass is 10.2. The molecule has 2 N–H and O–H groups in total. The van der Waals surface area contributed by atoms with E-state index in [0.29, 0.717) is 22.3 Å². The number of carbonyl (C=O) groups excluding carboxylic acids is 2. The van der Waals surface area contributed by atoms with Crippen molar-refractivity contribution in [2.45, 2.75) is 12.5 Å². The second-order valence-corrected chi connectivity index (χ2v) is 8.02. The molecule has 3 aromatic carbocycles. The number of nitrogens with one attached hydrogen (secondary N) is 2. The number of benzene rings is 3. The Hall–Kier alpha value is -3.75. The summed E-state index contributed by atoms with van der Waals surface area (Å²) >= 11 is 1.47. The number of para-hydroxylation sites is 2. The summed E-state index contributed by atoms with van der Waals surface area (Å²) in [6, 6.07) is 23.4. The van der Waals surface area contributed by atoms with Crippen LogP contribution in [-0.2, 0) is 9.59 Å². The Labute approximate surface area is 182 Å². The van der Waals surface area contributed by atoms with Crippen LogP contribution in [0.2, 0.25) is 0 Å². The lowest BCUT2D eigenvalue weighted by molar-refractivity contribution is -0.121. The Bertz CT molecular complexity index is 1210. The van der Waals surface area contributed by atoms with Gasteiger partial charge in [0.15, 0.2) is 5.13 Å². The van der Waals surface area contributed by atoms with Crippen molar-refractivity contribution in [3.8, 4) is 11.5 Å². The molecule has 1 fully saturated rings. The number of thiazole rings is 1. The third-order valence-electron chi connectivity index (χ3n) is 4.87. The fraction of sp³-hybridized carbons (Fsp3) is 0.0870. The second-order valence-electron chi connectivity index (χ2n) is 6.99. The molecule has 7 nitrogen and oxygen atoms in total. The predicted octanol–water partition coefficient (Wildman–Crippen LogP) is 4.34. The average molecular weight is 430 g/mol. The van der Waals surface area contributed by atoms with E-state index >= 15 is 0 Å². The summed E-state index contributed by atoms with van der Waals surface area (Å²) in [4.78, 5) is 31.0. The maximum atomic E-state index is 12.8. The van der Waals surface area contributed by atoms with Crippen LogP contribution in [-0.4, -0.2) is 22.8 Å². The van der Waals surface area contributed by atoms with Gasteiger partial charge in [-0.1, -0.05) is 41.7 Å². The Balaban J connectivity index is 1.25. The van der Waals surface area contributed by atoms with Gasteiger partial charge in [0.25, 0.3) is 5.91 Å². The third-order valence-corrected chi connectivity index (χ3v) is 5.82. The van der Waals surface area contributed by atoms with E-state index in [1.807, 2.05) is 54.6 Å². The minimum absolute atomic E-state index is 0.0684. The molecular formula is C23H18N4O3S. The van der Waals surface area contributed by atoms with Gasteiger partial charge in [-0.05, 0) is 48.5 Å². The van der Waals surface area contributed by atoms with E-state index in [-0.39, 0.29) is 18.2 Å². The number of hydrazine groups is 1. The minimum atomic E-state index is -0.667. The number of amides is 2. The fourth-order valence-corrected chi connectivity index (χ4v) is 4.21. The Morgan fingerprint density at radius 3 is 2.39 bits per heavy atom. The number of aromatic nitrogens is 1. The van der Waals surface area contributed by atoms with Crippen molar-refractivity contribution in [3.63, 3.8) is 0 Å². The molecule has 1 aliphatic rings. The number of fused-ring (bicyclic) bond motifs is 1. The van der Waals surface area contributed by atoms with Crippen molar-refractivity contribution in [2.24, 2.45) is 0 Å². The standard InChI is InChI=1S/C23H18N4O3S/c28-21-14-19(25-26-23-24-18-8-4-5-9-20(18)31-23)22(29)27(21)15-10-12-17(13-11-15)30-16-6-2-1-3-7-16/h1-13,19,25H,14H2,(H,24,26)/t19-/m0/s1. The molecule has 5 rings (SSSR count). The second kappa shape index (κ2) is 8.17. The van der Waals surface area contributed by atoms with Crippen molar-refractivity contribution >= 4 is 44.2 Å². The van der Waals surface area contributed by atoms with Crippen LogP contribution < -0.4 is 20.5 Å². The third kappa shape index (κ3) is 3.98. The predicted molar refractivity (Wildman–Crippen MR) is 120 cm³/mol. The molecule has 8 heteroatoms. The van der Waals surface area contributed by atoms with Crippen LogP contribution >= 0.6 is 11.3 Å². The van der Waals surface area contributed by atoms with Gasteiger partial charge in [-0.15, -0.1) is 0 Å². The molecule has 0 bridgehead atoms. The molecule has 154 valence electrons. The summed E-state index contributed by atoms with van der Waals surface area (Å²) in [6.07, 6.45) is 0.0684. The van der Waals surface area contributed by atoms with Crippen molar-refractivity contribution in [2.75, 3.05) is 10.3 Å². The zero-order chi connectivity index (χ0) is 21.2. The van der Waals surface area contributed by atoms with Crippen molar-refractivity contribution in [1.82, 2.24) is 10.4 Å². The first-order chi connectivity index (χ1) is 15.2. The number of hydrogen-bond acceptors (Lipinski definition) is 7. The number of carbonyl (C=O) groups is 2. The molecule has 0 aliphatic carbocycles. The van der Waals surface area contributed by atoms with E-state index in [0.717, 1.165) is 10.2 Å². The van der Waals surface area contributed by atoms with Gasteiger partial charge >= 0.3 is 0 Å². The van der Waals surface area contributed by atoms with Gasteiger partial charge in [0, 0.05) is 0 Å². The number of ether oxygens (including phenoxy) is 1. The van der Waals surface area contributed by atoms with E-state index < -0.39 is 6.04 Å². The number of anilines is 2. The molecule has 1 saturated heterocycles. The van der Waals surface area contributed by atoms with Crippen LogP contribution in [0.5, 0.6) is 11.5 Å². The van der Waals surface area contributed by atoms with Crippen molar-refractivity contribution < 1.29 is 14.3 Å². The molecule has 2 heterocycles. The van der Waals surface area contributed by atoms with Gasteiger partial charge in [-0.3, -0.25) is 15.0 Å². The smallest absolute Gasteiger partial charge is 0.253 e. The molecule has 0 unspecified atom stereocenters. The van der Waals surface area contributed by atoms with Crippen molar-refractivity contribution in [3.05, 3.63) is 78.9 Å². The highest BCUT2D eigenvalue weighted by Crippen LogP contribution is 2.28. The zero-order valence-corrected chi connectivity index (χ0v) is 17.1. The van der Waals surface area contributed by atoms with Crippen molar-refractivity contribution in [1.29, 1.82) is 0 Å². The van der Waals surface area contributed by atoms with E-state index in [9.17, 15) is 9.59 Å². The molecule has 0 radical (unpaired) electrons. The SMILES string of the molecule is O=C1C[C@H](NNc2nc3ccccc3s2)C(=O)N1c1ccc(Oc2ccccc2)cc1. The topological polar surface area (TPSA) is 83.6 Å². The molecular weight excluding hydrogens is 412 g/mol. The number of hydrogen-bond donors (Lipinski definition) is 2. The Morgan fingerprint density at radius 1 is 0.903 bits per heavy atom. The average Bonchev–Trinajstić information content (AvgIpc) is 3.33. The van der Waals surface area contributed by atoms with Crippen LogP contribution in [0.1, 0.15) is 6.42 Å². The normalized spacial score (nSPS) is 16.1. The summed E-state index contributed by atoms with van der Waals surface area (Å²) in [7, 11) is 0. The molecule has 1 aromatic heterocycles. The van der Waals surface area contributed by atoms with E-state index in [4.69, 9.17) is 4.74 Å². The van der Waals surface area contributed by atoms with E-state index in [1.165, 1.54) is 16.2 Å². The van der Waals surface area contributed by atoms with E-state index in [1.54, 1.807) is 24.3 Å². The molecule has 2 amide bonds. The molecule has 0 spiro atoms.